The highest BCUT2D eigenvalue weighted by Gasteiger charge is 2.09. The van der Waals surface area contributed by atoms with Gasteiger partial charge in [0.25, 0.3) is 0 Å². The van der Waals surface area contributed by atoms with E-state index in [1.54, 1.807) is 30.6 Å². The van der Waals surface area contributed by atoms with Crippen LogP contribution in [0.25, 0.3) is 0 Å². The second-order valence-electron chi connectivity index (χ2n) is 3.65. The van der Waals surface area contributed by atoms with Crippen molar-refractivity contribution in [3.8, 4) is 5.75 Å². The fourth-order valence-corrected chi connectivity index (χ4v) is 1.74. The lowest BCUT2D eigenvalue weighted by molar-refractivity contribution is -0.139. The third-order valence-electron chi connectivity index (χ3n) is 2.29. The average molecular weight is 267 g/mol. The lowest BCUT2D eigenvalue weighted by Crippen LogP contribution is -2.10. The molecule has 0 saturated carbocycles. The largest absolute Gasteiger partial charge is 0.482 e. The molecule has 6 heteroatoms. The van der Waals surface area contributed by atoms with Crippen LogP contribution < -0.4 is 4.74 Å². The fourth-order valence-electron chi connectivity index (χ4n) is 1.54. The van der Waals surface area contributed by atoms with Crippen molar-refractivity contribution in [3.05, 3.63) is 47.0 Å². The summed E-state index contributed by atoms with van der Waals surface area (Å²) < 4.78 is 5.20. The molecule has 18 heavy (non-hydrogen) atoms. The molecule has 0 aliphatic rings. The maximum absolute atomic E-state index is 10.5. The molecule has 0 unspecified atom stereocenters. The van der Waals surface area contributed by atoms with Gasteiger partial charge in [-0.25, -0.2) is 9.78 Å². The molecule has 0 amide bonds. The SMILES string of the molecule is O=C(O)COc1ccc(Cl)cc1Cc1ncc[nH]1. The van der Waals surface area contributed by atoms with Crippen molar-refractivity contribution in [1.29, 1.82) is 0 Å². The minimum absolute atomic E-state index is 0.382. The third kappa shape index (κ3) is 3.24. The Morgan fingerprint density at radius 3 is 3.00 bits per heavy atom. The number of nitrogens with zero attached hydrogens (tertiary/aromatic N) is 1. The van der Waals surface area contributed by atoms with Crippen LogP contribution in [0.5, 0.6) is 5.75 Å². The quantitative estimate of drug-likeness (QED) is 0.869. The van der Waals surface area contributed by atoms with Crippen molar-refractivity contribution in [3.63, 3.8) is 0 Å². The van der Waals surface area contributed by atoms with Gasteiger partial charge in [-0.05, 0) is 18.2 Å². The molecule has 0 aliphatic heterocycles. The number of aromatic nitrogens is 2. The standard InChI is InChI=1S/C12H11ClN2O3/c13-9-1-2-10(18-7-12(16)17)8(5-9)6-11-14-3-4-15-11/h1-5H,6-7H2,(H,14,15)(H,16,17). The Labute approximate surface area is 108 Å². The predicted octanol–water partition coefficient (Wildman–Crippen LogP) is 2.12. The van der Waals surface area contributed by atoms with Gasteiger partial charge in [0, 0.05) is 29.4 Å². The van der Waals surface area contributed by atoms with Gasteiger partial charge in [0.1, 0.15) is 11.6 Å². The molecule has 5 nitrogen and oxygen atoms in total. The molecule has 2 aromatic rings. The van der Waals surface area contributed by atoms with E-state index in [9.17, 15) is 4.79 Å². The molecule has 0 spiro atoms. The number of benzene rings is 1. The Morgan fingerprint density at radius 1 is 1.50 bits per heavy atom. The van der Waals surface area contributed by atoms with Crippen molar-refractivity contribution in [1.82, 2.24) is 9.97 Å². The number of halogens is 1. The molecule has 94 valence electrons. The summed E-state index contributed by atoms with van der Waals surface area (Å²) in [5.74, 6) is 0.240. The Kier molecular flexibility index (Phi) is 3.84. The maximum atomic E-state index is 10.5. The molecule has 2 rings (SSSR count). The van der Waals surface area contributed by atoms with Crippen molar-refractivity contribution in [2.24, 2.45) is 0 Å². The number of carbonyl (C=O) groups is 1. The number of aromatic amines is 1. The summed E-state index contributed by atoms with van der Waals surface area (Å²) >= 11 is 5.92. The molecular weight excluding hydrogens is 256 g/mol. The van der Waals surface area contributed by atoms with E-state index < -0.39 is 5.97 Å². The van der Waals surface area contributed by atoms with E-state index in [1.165, 1.54) is 0 Å². The number of H-pyrrole nitrogens is 1. The third-order valence-corrected chi connectivity index (χ3v) is 2.52. The second-order valence-corrected chi connectivity index (χ2v) is 4.08. The Hall–Kier alpha value is -2.01. The number of carboxylic acids is 1. The van der Waals surface area contributed by atoms with Gasteiger partial charge in [-0.15, -0.1) is 0 Å². The zero-order valence-corrected chi connectivity index (χ0v) is 10.1. The zero-order valence-electron chi connectivity index (χ0n) is 9.39. The molecule has 0 radical (unpaired) electrons. The summed E-state index contributed by atoms with van der Waals surface area (Å²) in [5.41, 5.74) is 0.790. The summed E-state index contributed by atoms with van der Waals surface area (Å²) in [6.45, 7) is -0.382. The molecule has 2 N–H and O–H groups in total. The Morgan fingerprint density at radius 2 is 2.33 bits per heavy atom. The van der Waals surface area contributed by atoms with E-state index in [-0.39, 0.29) is 6.61 Å². The average Bonchev–Trinajstić information content (AvgIpc) is 2.80. The molecular formula is C12H11ClN2O3. The monoisotopic (exact) mass is 266 g/mol. The van der Waals surface area contributed by atoms with Crippen LogP contribution in [0.15, 0.2) is 30.6 Å². The summed E-state index contributed by atoms with van der Waals surface area (Å²) in [6, 6.07) is 5.05. The topological polar surface area (TPSA) is 75.2 Å². The number of imidazole rings is 1. The Balaban J connectivity index is 2.20. The first-order valence-electron chi connectivity index (χ1n) is 5.26. The highest BCUT2D eigenvalue weighted by atomic mass is 35.5. The van der Waals surface area contributed by atoms with Gasteiger partial charge < -0.3 is 14.8 Å². The van der Waals surface area contributed by atoms with Crippen molar-refractivity contribution in [2.75, 3.05) is 6.61 Å². The van der Waals surface area contributed by atoms with Crippen LogP contribution in [-0.2, 0) is 11.2 Å². The van der Waals surface area contributed by atoms with Crippen LogP contribution in [0.2, 0.25) is 5.02 Å². The number of hydrogen-bond donors (Lipinski definition) is 2. The van der Waals surface area contributed by atoms with Crippen molar-refractivity contribution in [2.45, 2.75) is 6.42 Å². The van der Waals surface area contributed by atoms with E-state index in [0.29, 0.717) is 17.2 Å². The summed E-state index contributed by atoms with van der Waals surface area (Å²) in [7, 11) is 0. The van der Waals surface area contributed by atoms with Gasteiger partial charge in [0.05, 0.1) is 0 Å². The minimum atomic E-state index is -1.02. The lowest BCUT2D eigenvalue weighted by atomic mass is 10.1. The first kappa shape index (κ1) is 12.4. The number of hydrogen-bond acceptors (Lipinski definition) is 3. The van der Waals surface area contributed by atoms with Crippen LogP contribution in [0.4, 0.5) is 0 Å². The van der Waals surface area contributed by atoms with Crippen LogP contribution in [0.3, 0.4) is 0 Å². The number of ether oxygens (including phenoxy) is 1. The van der Waals surface area contributed by atoms with E-state index >= 15 is 0 Å². The van der Waals surface area contributed by atoms with Gasteiger partial charge in [-0.2, -0.15) is 0 Å². The smallest absolute Gasteiger partial charge is 0.341 e. The molecule has 1 aromatic heterocycles. The number of rotatable bonds is 5. The fraction of sp³-hybridized carbons (Fsp3) is 0.167. The van der Waals surface area contributed by atoms with Gasteiger partial charge >= 0.3 is 5.97 Å². The van der Waals surface area contributed by atoms with Crippen LogP contribution >= 0.6 is 11.6 Å². The van der Waals surface area contributed by atoms with E-state index in [2.05, 4.69) is 9.97 Å². The summed E-state index contributed by atoms with van der Waals surface area (Å²) in [5, 5.41) is 9.18. The first-order valence-corrected chi connectivity index (χ1v) is 5.64. The molecule has 1 heterocycles. The molecule has 1 aromatic carbocycles. The predicted molar refractivity (Wildman–Crippen MR) is 66.0 cm³/mol. The van der Waals surface area contributed by atoms with E-state index in [0.717, 1.165) is 11.4 Å². The first-order chi connectivity index (χ1) is 8.65. The molecule has 0 fully saturated rings. The van der Waals surface area contributed by atoms with Crippen molar-refractivity contribution < 1.29 is 14.6 Å². The summed E-state index contributed by atoms with van der Waals surface area (Å²) in [6.07, 6.45) is 3.87. The molecule has 0 saturated heterocycles. The number of carboxylic acid groups (broad SMARTS) is 1. The van der Waals surface area contributed by atoms with Gasteiger partial charge in [-0.1, -0.05) is 11.6 Å². The molecule has 0 aliphatic carbocycles. The van der Waals surface area contributed by atoms with Gasteiger partial charge in [-0.3, -0.25) is 0 Å². The van der Waals surface area contributed by atoms with E-state index in [4.69, 9.17) is 21.4 Å². The van der Waals surface area contributed by atoms with Crippen LogP contribution in [0, 0.1) is 0 Å². The number of nitrogens with one attached hydrogen (secondary N) is 1. The van der Waals surface area contributed by atoms with Gasteiger partial charge in [0.15, 0.2) is 6.61 Å². The van der Waals surface area contributed by atoms with Crippen molar-refractivity contribution >= 4 is 17.6 Å². The molecule has 0 bridgehead atoms. The number of aliphatic carboxylic acids is 1. The minimum Gasteiger partial charge on any atom is -0.482 e. The maximum Gasteiger partial charge on any atom is 0.341 e. The zero-order chi connectivity index (χ0) is 13.0. The highest BCUT2D eigenvalue weighted by Crippen LogP contribution is 2.24. The lowest BCUT2D eigenvalue weighted by Gasteiger charge is -2.09. The Bertz CT molecular complexity index is 540. The van der Waals surface area contributed by atoms with Gasteiger partial charge in [0.2, 0.25) is 0 Å². The molecule has 0 atom stereocenters. The van der Waals surface area contributed by atoms with Crippen LogP contribution in [0.1, 0.15) is 11.4 Å². The summed E-state index contributed by atoms with van der Waals surface area (Å²) in [4.78, 5) is 17.6. The van der Waals surface area contributed by atoms with Crippen LogP contribution in [-0.4, -0.2) is 27.7 Å². The normalized spacial score (nSPS) is 10.3. The highest BCUT2D eigenvalue weighted by molar-refractivity contribution is 6.30. The second kappa shape index (κ2) is 5.55. The van der Waals surface area contributed by atoms with E-state index in [1.807, 2.05) is 0 Å².